The van der Waals surface area contributed by atoms with Gasteiger partial charge in [0.25, 0.3) is 10.2 Å². The molecule has 2 fully saturated rings. The monoisotopic (exact) mass is 503 g/mol. The van der Waals surface area contributed by atoms with Crippen LogP contribution in [0.15, 0.2) is 24.3 Å². The van der Waals surface area contributed by atoms with Crippen molar-refractivity contribution in [3.05, 3.63) is 24.3 Å². The van der Waals surface area contributed by atoms with Gasteiger partial charge in [-0.3, -0.25) is 4.79 Å². The molecule has 2 heterocycles. The first-order valence-electron chi connectivity index (χ1n) is 11.7. The van der Waals surface area contributed by atoms with Gasteiger partial charge in [-0.1, -0.05) is 24.3 Å². The smallest absolute Gasteiger partial charge is 0.312 e. The molecule has 0 aromatic carbocycles. The van der Waals surface area contributed by atoms with Gasteiger partial charge in [-0.2, -0.15) is 17.4 Å². The number of allylic oxidation sites excluding steroid dienone is 1. The summed E-state index contributed by atoms with van der Waals surface area (Å²) in [6.07, 6.45) is 6.19. The van der Waals surface area contributed by atoms with Crippen molar-refractivity contribution < 1.29 is 27.2 Å². The van der Waals surface area contributed by atoms with Crippen LogP contribution in [-0.4, -0.2) is 84.6 Å². The molecule has 1 atom stereocenters. The van der Waals surface area contributed by atoms with Gasteiger partial charge >= 0.3 is 5.97 Å². The second-order valence-corrected chi connectivity index (χ2v) is 15.5. The second kappa shape index (κ2) is 12.6. The standard InChI is InChI=1S/C22H41N3O6SSi/c1-6-15-30-21(26)22(3,19-33(4,5)31-24-11-7-8-12-24)10-9-20(2)18-23-32(27,28)25-13-16-29-17-14-25/h6,9,23H,1,7-8,10-19H2,2-5H3. The average Bonchev–Trinajstić information content (AvgIpc) is 3.27. The van der Waals surface area contributed by atoms with Crippen LogP contribution in [0.4, 0.5) is 0 Å². The van der Waals surface area contributed by atoms with Gasteiger partial charge in [-0.15, -0.1) is 0 Å². The topological polar surface area (TPSA) is 97.4 Å². The first-order chi connectivity index (χ1) is 15.5. The number of hydrogen-bond donors (Lipinski definition) is 1. The number of rotatable bonds is 13. The molecule has 2 saturated heterocycles. The van der Waals surface area contributed by atoms with Gasteiger partial charge in [0.15, 0.2) is 0 Å². The predicted octanol–water partition coefficient (Wildman–Crippen LogP) is 2.46. The summed E-state index contributed by atoms with van der Waals surface area (Å²) >= 11 is 0. The Morgan fingerprint density at radius 3 is 2.45 bits per heavy atom. The van der Waals surface area contributed by atoms with Crippen LogP contribution in [0.3, 0.4) is 0 Å². The third-order valence-electron chi connectivity index (χ3n) is 5.83. The van der Waals surface area contributed by atoms with Crippen molar-refractivity contribution in [2.24, 2.45) is 5.41 Å². The van der Waals surface area contributed by atoms with E-state index in [1.54, 1.807) is 6.08 Å². The van der Waals surface area contributed by atoms with Gasteiger partial charge < -0.3 is 14.0 Å². The molecule has 0 amide bonds. The van der Waals surface area contributed by atoms with Crippen LogP contribution in [0.25, 0.3) is 0 Å². The van der Waals surface area contributed by atoms with E-state index in [-0.39, 0.29) is 19.1 Å². The number of esters is 1. The Balaban J connectivity index is 2.03. The van der Waals surface area contributed by atoms with E-state index in [0.29, 0.717) is 38.8 Å². The minimum atomic E-state index is -3.56. The minimum absolute atomic E-state index is 0.158. The molecule has 9 nitrogen and oxygen atoms in total. The van der Waals surface area contributed by atoms with E-state index in [2.05, 4.69) is 24.4 Å². The first-order valence-corrected chi connectivity index (χ1v) is 16.2. The summed E-state index contributed by atoms with van der Waals surface area (Å²) in [6.45, 7) is 15.3. The van der Waals surface area contributed by atoms with Crippen molar-refractivity contribution in [3.8, 4) is 0 Å². The van der Waals surface area contributed by atoms with Crippen molar-refractivity contribution in [2.45, 2.75) is 52.2 Å². The number of carbonyl (C=O) groups is 1. The molecule has 1 unspecified atom stereocenters. The summed E-state index contributed by atoms with van der Waals surface area (Å²) in [7, 11) is -5.77. The number of morpholine rings is 1. The van der Waals surface area contributed by atoms with E-state index in [1.165, 1.54) is 4.31 Å². The summed E-state index contributed by atoms with van der Waals surface area (Å²) in [5.74, 6) is -0.286. The molecule has 0 bridgehead atoms. The van der Waals surface area contributed by atoms with Crippen LogP contribution >= 0.6 is 0 Å². The van der Waals surface area contributed by atoms with Crippen LogP contribution in [0.1, 0.15) is 33.1 Å². The van der Waals surface area contributed by atoms with E-state index in [4.69, 9.17) is 14.0 Å². The zero-order chi connectivity index (χ0) is 24.5. The summed E-state index contributed by atoms with van der Waals surface area (Å²) in [6, 6.07) is 0.593. The summed E-state index contributed by atoms with van der Waals surface area (Å²) in [5.41, 5.74) is 0.0671. The fourth-order valence-corrected chi connectivity index (χ4v) is 8.53. The quantitative estimate of drug-likeness (QED) is 0.234. The molecule has 11 heteroatoms. The Bertz CT molecular complexity index is 792. The van der Waals surface area contributed by atoms with Crippen molar-refractivity contribution in [3.63, 3.8) is 0 Å². The van der Waals surface area contributed by atoms with Crippen LogP contribution in [-0.2, 0) is 29.0 Å². The number of hydrogen-bond acceptors (Lipinski definition) is 7. The Morgan fingerprint density at radius 1 is 1.21 bits per heavy atom. The Hall–Kier alpha value is -1.08. The molecule has 0 aromatic heterocycles. The normalized spacial score (nSPS) is 21.0. The highest BCUT2D eigenvalue weighted by Gasteiger charge is 2.43. The molecule has 2 rings (SSSR count). The predicted molar refractivity (Wildman–Crippen MR) is 131 cm³/mol. The van der Waals surface area contributed by atoms with E-state index in [9.17, 15) is 13.2 Å². The molecule has 0 saturated carbocycles. The highest BCUT2D eigenvalue weighted by atomic mass is 32.2. The summed E-state index contributed by atoms with van der Waals surface area (Å²) in [4.78, 5) is 13.0. The lowest BCUT2D eigenvalue weighted by Gasteiger charge is -2.35. The van der Waals surface area contributed by atoms with Crippen LogP contribution in [0.5, 0.6) is 0 Å². The van der Waals surface area contributed by atoms with Crippen molar-refractivity contribution >= 4 is 24.5 Å². The van der Waals surface area contributed by atoms with E-state index in [0.717, 1.165) is 31.5 Å². The summed E-state index contributed by atoms with van der Waals surface area (Å²) < 4.78 is 46.0. The maximum Gasteiger partial charge on any atom is 0.312 e. The SMILES string of the molecule is C=CCOC(=O)C(C)(CC=C(C)CNS(=O)(=O)N1CCOCC1)C[Si](C)(C)ON1CCCC1. The molecule has 0 radical (unpaired) electrons. The molecule has 33 heavy (non-hydrogen) atoms. The Labute approximate surface area is 200 Å². The molecule has 0 spiro atoms. The highest BCUT2D eigenvalue weighted by molar-refractivity contribution is 7.87. The Kier molecular flexibility index (Phi) is 10.7. The third kappa shape index (κ3) is 9.23. The van der Waals surface area contributed by atoms with Gasteiger partial charge in [0.2, 0.25) is 8.32 Å². The zero-order valence-electron chi connectivity index (χ0n) is 20.6. The van der Waals surface area contributed by atoms with Crippen LogP contribution in [0, 0.1) is 5.41 Å². The number of carbonyl (C=O) groups excluding carboxylic acids is 1. The molecule has 190 valence electrons. The maximum absolute atomic E-state index is 13.0. The largest absolute Gasteiger partial charge is 0.461 e. The number of nitrogens with one attached hydrogen (secondary N) is 1. The fraction of sp³-hybridized carbons (Fsp3) is 0.773. The minimum Gasteiger partial charge on any atom is -0.461 e. The molecule has 2 aliphatic heterocycles. The Morgan fingerprint density at radius 2 is 1.85 bits per heavy atom. The first kappa shape index (κ1) is 28.2. The maximum atomic E-state index is 13.0. The average molecular weight is 504 g/mol. The molecule has 1 N–H and O–H groups in total. The van der Waals surface area contributed by atoms with Crippen LogP contribution < -0.4 is 4.72 Å². The van der Waals surface area contributed by atoms with Gasteiger partial charge in [-0.05, 0) is 52.2 Å². The lowest BCUT2D eigenvalue weighted by atomic mass is 9.88. The van der Waals surface area contributed by atoms with Gasteiger partial charge in [0, 0.05) is 32.7 Å². The lowest BCUT2D eigenvalue weighted by Crippen LogP contribution is -2.47. The van der Waals surface area contributed by atoms with Crippen molar-refractivity contribution in [1.29, 1.82) is 0 Å². The molecule has 0 aromatic rings. The number of hydroxylamine groups is 2. The molecule has 0 aliphatic carbocycles. The number of ether oxygens (including phenoxy) is 2. The van der Waals surface area contributed by atoms with Gasteiger partial charge in [0.1, 0.15) is 6.61 Å². The molecular weight excluding hydrogens is 462 g/mol. The van der Waals surface area contributed by atoms with Crippen molar-refractivity contribution in [1.82, 2.24) is 14.1 Å². The van der Waals surface area contributed by atoms with E-state index >= 15 is 0 Å². The van der Waals surface area contributed by atoms with E-state index < -0.39 is 23.9 Å². The second-order valence-electron chi connectivity index (χ2n) is 9.70. The fourth-order valence-electron chi connectivity index (χ4n) is 4.19. The highest BCUT2D eigenvalue weighted by Crippen LogP contribution is 2.36. The third-order valence-corrected chi connectivity index (χ3v) is 9.76. The molecular formula is C22H41N3O6SSi. The number of nitrogens with zero attached hydrogens (tertiary/aromatic N) is 2. The van der Waals surface area contributed by atoms with E-state index in [1.807, 2.05) is 25.0 Å². The summed E-state index contributed by atoms with van der Waals surface area (Å²) in [5, 5.41) is 2.03. The van der Waals surface area contributed by atoms with Crippen LogP contribution in [0.2, 0.25) is 19.1 Å². The zero-order valence-corrected chi connectivity index (χ0v) is 22.4. The van der Waals surface area contributed by atoms with Gasteiger partial charge in [-0.25, -0.2) is 5.06 Å². The van der Waals surface area contributed by atoms with Crippen molar-refractivity contribution in [2.75, 3.05) is 52.5 Å². The lowest BCUT2D eigenvalue weighted by molar-refractivity contribution is -0.152. The molecule has 2 aliphatic rings. The van der Waals surface area contributed by atoms with Gasteiger partial charge in [0.05, 0.1) is 18.6 Å².